The fraction of sp³-hybridized carbons (Fsp3) is 0.200. The third kappa shape index (κ3) is 4.48. The maximum Gasteiger partial charge on any atom is 0.244 e. The van der Waals surface area contributed by atoms with E-state index in [1.54, 1.807) is 24.3 Å². The topological polar surface area (TPSA) is 54.5 Å². The van der Waals surface area contributed by atoms with E-state index < -0.39 is 32.9 Å². The van der Waals surface area contributed by atoms with Crippen LogP contribution in [-0.4, -0.2) is 27.4 Å². The summed E-state index contributed by atoms with van der Waals surface area (Å²) in [6.45, 7) is 3.91. The lowest BCUT2D eigenvalue weighted by atomic mass is 10.1. The monoisotopic (exact) mass is 577 g/mol. The Morgan fingerprint density at radius 2 is 1.44 bits per heavy atom. The van der Waals surface area contributed by atoms with E-state index in [2.05, 4.69) is 22.6 Å². The number of hydrogen-bond acceptors (Lipinski definition) is 3. The Hall–Kier alpha value is -1.81. The van der Waals surface area contributed by atoms with Gasteiger partial charge >= 0.3 is 0 Å². The van der Waals surface area contributed by atoms with Crippen molar-refractivity contribution in [3.05, 3.63) is 107 Å². The normalized spacial score (nSPS) is 20.2. The van der Waals surface area contributed by atoms with Crippen LogP contribution in [-0.2, 0) is 20.8 Å². The number of benzene rings is 3. The first-order valence-electron chi connectivity index (χ1n) is 10.2. The minimum atomic E-state index is -3.83. The minimum Gasteiger partial charge on any atom is -0.249 e. The third-order valence-electron chi connectivity index (χ3n) is 5.53. The van der Waals surface area contributed by atoms with Crippen LogP contribution in [0.1, 0.15) is 22.7 Å². The van der Waals surface area contributed by atoms with Gasteiger partial charge in [0.05, 0.1) is 27.8 Å². The number of hydrogen-bond donors (Lipinski definition) is 0. The first-order chi connectivity index (χ1) is 15.3. The van der Waals surface area contributed by atoms with Gasteiger partial charge in [-0.1, -0.05) is 94.4 Å². The maximum atomic E-state index is 13.8. The van der Waals surface area contributed by atoms with Gasteiger partial charge in [0.2, 0.25) is 10.0 Å². The summed E-state index contributed by atoms with van der Waals surface area (Å²) in [5.74, 6) is 0. The van der Waals surface area contributed by atoms with Crippen molar-refractivity contribution in [3.8, 4) is 0 Å². The molecule has 166 valence electrons. The highest BCUT2D eigenvalue weighted by Gasteiger charge is 2.45. The van der Waals surface area contributed by atoms with Crippen LogP contribution in [0, 0.1) is 13.8 Å². The number of alkyl halides is 1. The molecule has 0 spiro atoms. The van der Waals surface area contributed by atoms with Crippen LogP contribution in [0.4, 0.5) is 0 Å². The van der Waals surface area contributed by atoms with E-state index in [0.717, 1.165) is 16.7 Å². The molecular weight excluding hydrogens is 553 g/mol. The van der Waals surface area contributed by atoms with Gasteiger partial charge in [0, 0.05) is 14.2 Å². The van der Waals surface area contributed by atoms with Gasteiger partial charge in [-0.3, -0.25) is 0 Å². The molecule has 4 nitrogen and oxygen atoms in total. The molecule has 1 unspecified atom stereocenters. The predicted molar refractivity (Wildman–Crippen MR) is 138 cm³/mol. The van der Waals surface area contributed by atoms with E-state index in [0.29, 0.717) is 14.2 Å². The van der Waals surface area contributed by atoms with Crippen LogP contribution >= 0.6 is 22.6 Å². The van der Waals surface area contributed by atoms with Crippen molar-refractivity contribution in [2.45, 2.75) is 35.7 Å². The number of halogens is 1. The Balaban J connectivity index is 1.85. The van der Waals surface area contributed by atoms with Crippen LogP contribution in [0.15, 0.2) is 99.6 Å². The molecule has 1 heterocycles. The van der Waals surface area contributed by atoms with Gasteiger partial charge < -0.3 is 0 Å². The van der Waals surface area contributed by atoms with Crippen LogP contribution in [0.5, 0.6) is 0 Å². The zero-order valence-electron chi connectivity index (χ0n) is 17.8. The average Bonchev–Trinajstić information content (AvgIpc) is 3.20. The molecule has 0 aliphatic carbocycles. The van der Waals surface area contributed by atoms with Gasteiger partial charge in [-0.15, -0.1) is 0 Å². The van der Waals surface area contributed by atoms with Gasteiger partial charge in [0.25, 0.3) is 0 Å². The molecule has 0 saturated heterocycles. The molecule has 0 aromatic heterocycles. The zero-order chi connectivity index (χ0) is 22.9. The molecule has 4 rings (SSSR count). The van der Waals surface area contributed by atoms with Crippen molar-refractivity contribution in [2.24, 2.45) is 0 Å². The minimum absolute atomic E-state index is 0.245. The lowest BCUT2D eigenvalue weighted by Gasteiger charge is -2.30. The van der Waals surface area contributed by atoms with E-state index in [9.17, 15) is 12.6 Å². The summed E-state index contributed by atoms with van der Waals surface area (Å²) in [4.78, 5) is 1.52. The summed E-state index contributed by atoms with van der Waals surface area (Å²) >= 11 is 2.20. The molecule has 0 radical (unpaired) electrons. The molecule has 1 aliphatic rings. The van der Waals surface area contributed by atoms with Crippen LogP contribution in [0.2, 0.25) is 0 Å². The van der Waals surface area contributed by atoms with E-state index in [4.69, 9.17) is 0 Å². The number of aryl methyl sites for hydroxylation is 2. The van der Waals surface area contributed by atoms with Crippen LogP contribution < -0.4 is 0 Å². The molecule has 0 bridgehead atoms. The van der Waals surface area contributed by atoms with Gasteiger partial charge in [-0.2, -0.15) is 4.31 Å². The summed E-state index contributed by atoms with van der Waals surface area (Å²) in [7, 11) is -5.31. The van der Waals surface area contributed by atoms with Crippen molar-refractivity contribution < 1.29 is 12.6 Å². The second-order valence-corrected chi connectivity index (χ2v) is 12.0. The predicted octanol–water partition coefficient (Wildman–Crippen LogP) is 5.54. The molecule has 7 heteroatoms. The summed E-state index contributed by atoms with van der Waals surface area (Å²) < 4.78 is 43.4. The van der Waals surface area contributed by atoms with E-state index in [1.165, 1.54) is 4.31 Å². The van der Waals surface area contributed by atoms with E-state index in [1.807, 2.05) is 74.5 Å². The summed E-state index contributed by atoms with van der Waals surface area (Å²) in [5, 5.41) is 0. The molecular formula is C25H24INO3S2. The Kier molecular flexibility index (Phi) is 7.00. The third-order valence-corrected chi connectivity index (χ3v) is 9.82. The smallest absolute Gasteiger partial charge is 0.244 e. The Morgan fingerprint density at radius 3 is 2.00 bits per heavy atom. The largest absolute Gasteiger partial charge is 0.249 e. The molecule has 3 aromatic rings. The lowest BCUT2D eigenvalue weighted by Crippen LogP contribution is -2.39. The Bertz CT molecular complexity index is 1250. The standard InChI is InChI=1S/C25H24INO3S2/c1-18-8-12-22(13-9-18)31(28)24-16-21(17-26)27(25(24)20-6-4-3-5-7-20)32(29,30)23-14-10-19(2)11-15-23/h3-16,21,25H,17H2,1-2H3/t21-,25-,31?/m0/s1. The van der Waals surface area contributed by atoms with Crippen LogP contribution in [0.25, 0.3) is 0 Å². The molecule has 3 aromatic carbocycles. The van der Waals surface area contributed by atoms with Crippen molar-refractivity contribution in [2.75, 3.05) is 4.43 Å². The molecule has 0 amide bonds. The first-order valence-corrected chi connectivity index (χ1v) is 14.4. The molecule has 32 heavy (non-hydrogen) atoms. The van der Waals surface area contributed by atoms with E-state index in [-0.39, 0.29) is 4.90 Å². The zero-order valence-corrected chi connectivity index (χ0v) is 21.6. The van der Waals surface area contributed by atoms with Crippen molar-refractivity contribution >= 4 is 43.4 Å². The molecule has 3 atom stereocenters. The average molecular weight is 578 g/mol. The fourth-order valence-corrected chi connectivity index (χ4v) is 7.97. The Morgan fingerprint density at radius 1 is 0.875 bits per heavy atom. The molecule has 1 aliphatic heterocycles. The van der Waals surface area contributed by atoms with Crippen molar-refractivity contribution in [1.29, 1.82) is 0 Å². The van der Waals surface area contributed by atoms with Gasteiger partial charge in [0.1, 0.15) is 0 Å². The highest BCUT2D eigenvalue weighted by molar-refractivity contribution is 14.1. The highest BCUT2D eigenvalue weighted by Crippen LogP contribution is 2.44. The van der Waals surface area contributed by atoms with Crippen molar-refractivity contribution in [3.63, 3.8) is 0 Å². The number of nitrogens with zero attached hydrogens (tertiary/aromatic N) is 1. The van der Waals surface area contributed by atoms with E-state index >= 15 is 0 Å². The van der Waals surface area contributed by atoms with Crippen molar-refractivity contribution in [1.82, 2.24) is 4.31 Å². The second-order valence-electron chi connectivity index (χ2n) is 7.83. The lowest BCUT2D eigenvalue weighted by molar-refractivity contribution is 0.362. The Labute approximate surface area is 206 Å². The summed E-state index contributed by atoms with van der Waals surface area (Å²) in [5.41, 5.74) is 2.89. The number of sulfonamides is 1. The quantitative estimate of drug-likeness (QED) is 0.286. The van der Waals surface area contributed by atoms with Gasteiger partial charge in [-0.25, -0.2) is 12.6 Å². The molecule has 0 fully saturated rings. The molecule has 0 N–H and O–H groups in total. The second kappa shape index (κ2) is 9.59. The first kappa shape index (κ1) is 23.4. The number of rotatable bonds is 6. The van der Waals surface area contributed by atoms with Gasteiger partial charge in [0.15, 0.2) is 0 Å². The summed E-state index contributed by atoms with van der Waals surface area (Å²) in [6, 6.07) is 22.9. The van der Waals surface area contributed by atoms with Gasteiger partial charge in [-0.05, 0) is 43.7 Å². The molecule has 0 saturated carbocycles. The SMILES string of the molecule is Cc1ccc(S(=O)C2=C[C@@H](CI)N(S(=O)(=O)c3ccc(C)cc3)[C@H]2c2ccccc2)cc1. The summed E-state index contributed by atoms with van der Waals surface area (Å²) in [6.07, 6.45) is 1.88. The maximum absolute atomic E-state index is 13.8. The highest BCUT2D eigenvalue weighted by atomic mass is 127. The fourth-order valence-electron chi connectivity index (χ4n) is 3.84. The van der Waals surface area contributed by atoms with Crippen LogP contribution in [0.3, 0.4) is 0 Å².